The van der Waals surface area contributed by atoms with Gasteiger partial charge in [-0.1, -0.05) is 30.3 Å². The molecule has 0 bridgehead atoms. The van der Waals surface area contributed by atoms with Crippen molar-refractivity contribution >= 4 is 0 Å². The van der Waals surface area contributed by atoms with E-state index in [9.17, 15) is 4.39 Å². The van der Waals surface area contributed by atoms with Gasteiger partial charge < -0.3 is 5.32 Å². The van der Waals surface area contributed by atoms with E-state index >= 15 is 0 Å². The molecule has 0 aliphatic rings. The van der Waals surface area contributed by atoms with E-state index in [4.69, 9.17) is 0 Å². The van der Waals surface area contributed by atoms with E-state index in [1.807, 2.05) is 30.3 Å². The first-order valence-corrected chi connectivity index (χ1v) is 6.43. The van der Waals surface area contributed by atoms with Gasteiger partial charge >= 0.3 is 0 Å². The first-order chi connectivity index (χ1) is 10.3. The average Bonchev–Trinajstić information content (AvgIpc) is 3.00. The van der Waals surface area contributed by atoms with Gasteiger partial charge in [0.15, 0.2) is 5.82 Å². The topological polar surface area (TPSA) is 68.5 Å². The molecular formula is C14H13FN6. The molecule has 0 saturated heterocycles. The molecule has 0 radical (unpaired) electrons. The number of tetrazole rings is 1. The molecule has 2 aromatic heterocycles. The van der Waals surface area contributed by atoms with Gasteiger partial charge in [-0.15, -0.1) is 15.0 Å². The molecule has 0 aliphatic carbocycles. The quantitative estimate of drug-likeness (QED) is 0.788. The van der Waals surface area contributed by atoms with Crippen LogP contribution in [-0.4, -0.2) is 32.2 Å². The molecule has 106 valence electrons. The van der Waals surface area contributed by atoms with Crippen LogP contribution >= 0.6 is 0 Å². The first kappa shape index (κ1) is 13.3. The molecule has 0 spiro atoms. The summed E-state index contributed by atoms with van der Waals surface area (Å²) in [5.41, 5.74) is 1.32. The van der Waals surface area contributed by atoms with Crippen LogP contribution in [0.2, 0.25) is 0 Å². The second kappa shape index (κ2) is 5.76. The number of nitrogens with zero attached hydrogens (tertiary/aromatic N) is 5. The fourth-order valence-electron chi connectivity index (χ4n) is 1.94. The van der Waals surface area contributed by atoms with Gasteiger partial charge in [0.1, 0.15) is 0 Å². The molecule has 3 aromatic rings. The molecule has 0 aliphatic heterocycles. The molecule has 0 amide bonds. The van der Waals surface area contributed by atoms with Crippen LogP contribution < -0.4 is 5.32 Å². The van der Waals surface area contributed by atoms with E-state index in [1.54, 1.807) is 13.1 Å². The Hall–Kier alpha value is -2.67. The number of rotatable bonds is 4. The van der Waals surface area contributed by atoms with Crippen LogP contribution in [0.1, 0.15) is 5.56 Å². The Morgan fingerprint density at radius 1 is 1.19 bits per heavy atom. The molecule has 0 fully saturated rings. The van der Waals surface area contributed by atoms with E-state index in [0.29, 0.717) is 17.9 Å². The van der Waals surface area contributed by atoms with Gasteiger partial charge in [0.2, 0.25) is 11.6 Å². The summed E-state index contributed by atoms with van der Waals surface area (Å²) in [4.78, 5) is 5.10. The standard InChI is InChI=1S/C14H13FN6/c1-16-9-11-7-8-17-14(12(11)15)21-19-13(18-20-21)10-5-3-2-4-6-10/h2-8,16H,9H2,1H3. The van der Waals surface area contributed by atoms with Crippen molar-refractivity contribution in [3.05, 3.63) is 54.0 Å². The van der Waals surface area contributed by atoms with Crippen LogP contribution in [0.4, 0.5) is 4.39 Å². The Labute approximate surface area is 120 Å². The lowest BCUT2D eigenvalue weighted by Crippen LogP contribution is -2.12. The lowest BCUT2D eigenvalue weighted by Gasteiger charge is -2.05. The highest BCUT2D eigenvalue weighted by atomic mass is 19.1. The molecule has 21 heavy (non-hydrogen) atoms. The van der Waals surface area contributed by atoms with Crippen molar-refractivity contribution in [1.29, 1.82) is 0 Å². The van der Waals surface area contributed by atoms with Crippen LogP contribution in [0.5, 0.6) is 0 Å². The molecular weight excluding hydrogens is 271 g/mol. The van der Waals surface area contributed by atoms with Crippen LogP contribution in [0.15, 0.2) is 42.6 Å². The van der Waals surface area contributed by atoms with Crippen molar-refractivity contribution in [3.8, 4) is 17.2 Å². The van der Waals surface area contributed by atoms with Crippen molar-refractivity contribution in [3.63, 3.8) is 0 Å². The van der Waals surface area contributed by atoms with E-state index in [1.165, 1.54) is 6.20 Å². The summed E-state index contributed by atoms with van der Waals surface area (Å²) >= 11 is 0. The lowest BCUT2D eigenvalue weighted by atomic mass is 10.2. The smallest absolute Gasteiger partial charge is 0.212 e. The monoisotopic (exact) mass is 284 g/mol. The molecule has 0 atom stereocenters. The van der Waals surface area contributed by atoms with Crippen molar-refractivity contribution in [1.82, 2.24) is 30.5 Å². The zero-order valence-electron chi connectivity index (χ0n) is 11.4. The molecule has 3 rings (SSSR count). The maximum atomic E-state index is 14.3. The van der Waals surface area contributed by atoms with Crippen molar-refractivity contribution in [2.24, 2.45) is 0 Å². The summed E-state index contributed by atoms with van der Waals surface area (Å²) in [6.45, 7) is 0.404. The van der Waals surface area contributed by atoms with E-state index in [0.717, 1.165) is 10.4 Å². The maximum absolute atomic E-state index is 14.3. The highest BCUT2D eigenvalue weighted by Gasteiger charge is 2.14. The third-order valence-corrected chi connectivity index (χ3v) is 2.95. The Bertz CT molecular complexity index is 740. The highest BCUT2D eigenvalue weighted by molar-refractivity contribution is 5.53. The zero-order chi connectivity index (χ0) is 14.7. The average molecular weight is 284 g/mol. The predicted molar refractivity (Wildman–Crippen MR) is 75.1 cm³/mol. The number of benzene rings is 1. The van der Waals surface area contributed by atoms with E-state index < -0.39 is 5.82 Å². The molecule has 7 heteroatoms. The second-order valence-corrected chi connectivity index (χ2v) is 4.41. The zero-order valence-corrected chi connectivity index (χ0v) is 11.4. The lowest BCUT2D eigenvalue weighted by molar-refractivity contribution is 0.559. The summed E-state index contributed by atoms with van der Waals surface area (Å²) in [6.07, 6.45) is 1.52. The van der Waals surface area contributed by atoms with Gasteiger partial charge in [0.05, 0.1) is 0 Å². The maximum Gasteiger partial charge on any atom is 0.212 e. The van der Waals surface area contributed by atoms with Crippen molar-refractivity contribution < 1.29 is 4.39 Å². The Morgan fingerprint density at radius 2 is 2.00 bits per heavy atom. The number of aromatic nitrogens is 5. The van der Waals surface area contributed by atoms with Gasteiger partial charge in [-0.05, 0) is 18.3 Å². The fourth-order valence-corrected chi connectivity index (χ4v) is 1.94. The van der Waals surface area contributed by atoms with E-state index in [-0.39, 0.29) is 5.82 Å². The normalized spacial score (nSPS) is 10.8. The van der Waals surface area contributed by atoms with Crippen molar-refractivity contribution in [2.75, 3.05) is 7.05 Å². The molecule has 0 unspecified atom stereocenters. The summed E-state index contributed by atoms with van der Waals surface area (Å²) in [6, 6.07) is 11.0. The predicted octanol–water partition coefficient (Wildman–Crippen LogP) is 1.58. The first-order valence-electron chi connectivity index (χ1n) is 6.43. The largest absolute Gasteiger partial charge is 0.316 e. The molecule has 1 N–H and O–H groups in total. The molecule has 0 saturated carbocycles. The molecule has 1 aromatic carbocycles. The Balaban J connectivity index is 1.99. The third kappa shape index (κ3) is 2.63. The highest BCUT2D eigenvalue weighted by Crippen LogP contribution is 2.16. The minimum absolute atomic E-state index is 0.0393. The number of nitrogens with one attached hydrogen (secondary N) is 1. The summed E-state index contributed by atoms with van der Waals surface area (Å²) < 4.78 is 14.3. The minimum Gasteiger partial charge on any atom is -0.316 e. The SMILES string of the molecule is CNCc1ccnc(-n2nnc(-c3ccccc3)n2)c1F. The Kier molecular flexibility index (Phi) is 3.65. The molecule has 6 nitrogen and oxygen atoms in total. The van der Waals surface area contributed by atoms with E-state index in [2.05, 4.69) is 25.7 Å². The summed E-state index contributed by atoms with van der Waals surface area (Å²) in [7, 11) is 1.75. The van der Waals surface area contributed by atoms with Crippen molar-refractivity contribution in [2.45, 2.75) is 6.54 Å². The van der Waals surface area contributed by atoms with Crippen LogP contribution in [-0.2, 0) is 6.54 Å². The van der Waals surface area contributed by atoms with Gasteiger partial charge in [-0.2, -0.15) is 0 Å². The number of hydrogen-bond acceptors (Lipinski definition) is 5. The summed E-state index contributed by atoms with van der Waals surface area (Å²) in [5, 5.41) is 14.9. The number of halogens is 1. The fraction of sp³-hybridized carbons (Fsp3) is 0.143. The second-order valence-electron chi connectivity index (χ2n) is 4.41. The van der Waals surface area contributed by atoms with Gasteiger partial charge in [0, 0.05) is 23.9 Å². The third-order valence-electron chi connectivity index (χ3n) is 2.95. The number of pyridine rings is 1. The van der Waals surface area contributed by atoms with Crippen LogP contribution in [0.25, 0.3) is 17.2 Å². The molecule has 2 heterocycles. The van der Waals surface area contributed by atoms with Crippen LogP contribution in [0, 0.1) is 5.82 Å². The Morgan fingerprint density at radius 3 is 2.76 bits per heavy atom. The van der Waals surface area contributed by atoms with Crippen LogP contribution in [0.3, 0.4) is 0 Å². The van der Waals surface area contributed by atoms with Gasteiger partial charge in [-0.3, -0.25) is 0 Å². The number of hydrogen-bond donors (Lipinski definition) is 1. The minimum atomic E-state index is -0.455. The summed E-state index contributed by atoms with van der Waals surface area (Å²) in [5.74, 6) is 0.0112. The van der Waals surface area contributed by atoms with Gasteiger partial charge in [0.25, 0.3) is 0 Å². The van der Waals surface area contributed by atoms with Gasteiger partial charge in [-0.25, -0.2) is 9.37 Å².